The van der Waals surface area contributed by atoms with Crippen LogP contribution < -0.4 is 0 Å². The van der Waals surface area contributed by atoms with Crippen LogP contribution in [0.5, 0.6) is 0 Å². The Hall–Kier alpha value is -1.30. The summed E-state index contributed by atoms with van der Waals surface area (Å²) in [5.41, 5.74) is 5.01. The van der Waals surface area contributed by atoms with E-state index in [2.05, 4.69) is 52.5 Å². The highest BCUT2D eigenvalue weighted by atomic mass is 13.9. The van der Waals surface area contributed by atoms with Crippen LogP contribution in [0.4, 0.5) is 0 Å². The summed E-state index contributed by atoms with van der Waals surface area (Å²) in [5, 5.41) is 0. The Bertz CT molecular complexity index is 329. The van der Waals surface area contributed by atoms with Gasteiger partial charge in [-0.2, -0.15) is 0 Å². The van der Waals surface area contributed by atoms with Crippen LogP contribution in [-0.2, 0) is 0 Å². The molecule has 0 aromatic heterocycles. The summed E-state index contributed by atoms with van der Waals surface area (Å²) >= 11 is 0. The Morgan fingerprint density at radius 3 is 1.93 bits per heavy atom. The lowest BCUT2D eigenvalue weighted by Gasteiger charge is -1.94. The molecule has 0 heterocycles. The molecule has 0 aliphatic rings. The van der Waals surface area contributed by atoms with Gasteiger partial charge in [0.05, 0.1) is 0 Å². The maximum atomic E-state index is 3.88. The summed E-state index contributed by atoms with van der Waals surface area (Å²) in [6.45, 7) is 14.3. The van der Waals surface area contributed by atoms with Crippen molar-refractivity contribution in [3.63, 3.8) is 0 Å². The fourth-order valence-electron chi connectivity index (χ4n) is 0.773. The Kier molecular flexibility index (Phi) is 6.44. The standard InChI is InChI=1S/C15H22/c1-12(2)14(5)10-8-7-9-11-15(6)13(3)4/h7-11H,1H2,2-6H3/b8-7+,11-9+,14-10+. The average Bonchev–Trinajstić information content (AvgIpc) is 2.16. The molecule has 0 radical (unpaired) electrons. The highest BCUT2D eigenvalue weighted by Crippen LogP contribution is 2.05. The molecule has 82 valence electrons. The molecule has 0 aliphatic heterocycles. The highest BCUT2D eigenvalue weighted by Gasteiger charge is 1.84. The zero-order valence-electron chi connectivity index (χ0n) is 10.6. The minimum atomic E-state index is 1.11. The van der Waals surface area contributed by atoms with Crippen molar-refractivity contribution in [3.8, 4) is 0 Å². The maximum Gasteiger partial charge on any atom is -0.0395 e. The van der Waals surface area contributed by atoms with Gasteiger partial charge in [0.25, 0.3) is 0 Å². The van der Waals surface area contributed by atoms with E-state index < -0.39 is 0 Å². The van der Waals surface area contributed by atoms with Crippen molar-refractivity contribution in [2.45, 2.75) is 34.6 Å². The SMILES string of the molecule is C=C(C)/C(C)=C/C=C/C=C/C(C)=C(C)C. The molecular weight excluding hydrogens is 180 g/mol. The topological polar surface area (TPSA) is 0 Å². The summed E-state index contributed by atoms with van der Waals surface area (Å²) in [6.07, 6.45) is 10.3. The van der Waals surface area contributed by atoms with Gasteiger partial charge in [-0.3, -0.25) is 0 Å². The van der Waals surface area contributed by atoms with E-state index >= 15 is 0 Å². The minimum absolute atomic E-state index is 1.11. The third-order valence-corrected chi connectivity index (χ3v) is 2.38. The average molecular weight is 202 g/mol. The van der Waals surface area contributed by atoms with Gasteiger partial charge >= 0.3 is 0 Å². The van der Waals surface area contributed by atoms with E-state index in [0.717, 1.165) is 5.57 Å². The Balaban J connectivity index is 4.30. The zero-order valence-corrected chi connectivity index (χ0v) is 10.6. The summed E-state index contributed by atoms with van der Waals surface area (Å²) in [4.78, 5) is 0. The monoisotopic (exact) mass is 202 g/mol. The van der Waals surface area contributed by atoms with Crippen LogP contribution in [0.3, 0.4) is 0 Å². The highest BCUT2D eigenvalue weighted by molar-refractivity contribution is 5.30. The van der Waals surface area contributed by atoms with E-state index in [9.17, 15) is 0 Å². The second-order valence-corrected chi connectivity index (χ2v) is 4.06. The van der Waals surface area contributed by atoms with Crippen molar-refractivity contribution < 1.29 is 0 Å². The van der Waals surface area contributed by atoms with Crippen LogP contribution in [0.15, 0.2) is 59.3 Å². The lowest BCUT2D eigenvalue weighted by molar-refractivity contribution is 1.29. The fourth-order valence-corrected chi connectivity index (χ4v) is 0.773. The molecule has 0 rings (SSSR count). The Morgan fingerprint density at radius 1 is 0.867 bits per heavy atom. The van der Waals surface area contributed by atoms with Gasteiger partial charge in [-0.1, -0.05) is 53.7 Å². The van der Waals surface area contributed by atoms with Gasteiger partial charge < -0.3 is 0 Å². The molecule has 0 heteroatoms. The third kappa shape index (κ3) is 6.73. The molecule has 0 N–H and O–H groups in total. The van der Waals surface area contributed by atoms with Gasteiger partial charge in [-0.25, -0.2) is 0 Å². The molecule has 0 aromatic carbocycles. The molecule has 0 saturated carbocycles. The molecule has 15 heavy (non-hydrogen) atoms. The molecular formula is C15H22. The first kappa shape index (κ1) is 13.7. The molecule has 0 nitrogen and oxygen atoms in total. The number of hydrogen-bond acceptors (Lipinski definition) is 0. The molecule has 0 fully saturated rings. The van der Waals surface area contributed by atoms with Crippen LogP contribution in [0, 0.1) is 0 Å². The van der Waals surface area contributed by atoms with Crippen molar-refractivity contribution in [2.24, 2.45) is 0 Å². The fraction of sp³-hybridized carbons (Fsp3) is 0.333. The molecule has 0 aliphatic carbocycles. The van der Waals surface area contributed by atoms with Gasteiger partial charge in [0.1, 0.15) is 0 Å². The van der Waals surface area contributed by atoms with Crippen LogP contribution in [0.1, 0.15) is 34.6 Å². The minimum Gasteiger partial charge on any atom is -0.0958 e. The lowest BCUT2D eigenvalue weighted by atomic mass is 10.1. The van der Waals surface area contributed by atoms with Crippen LogP contribution in [-0.4, -0.2) is 0 Å². The molecule has 0 unspecified atom stereocenters. The molecule has 0 amide bonds. The smallest absolute Gasteiger partial charge is 0.0395 e. The van der Waals surface area contributed by atoms with Crippen molar-refractivity contribution in [1.82, 2.24) is 0 Å². The van der Waals surface area contributed by atoms with E-state index in [4.69, 9.17) is 0 Å². The van der Waals surface area contributed by atoms with E-state index in [1.807, 2.05) is 19.1 Å². The van der Waals surface area contributed by atoms with Crippen molar-refractivity contribution >= 4 is 0 Å². The molecule has 0 atom stereocenters. The molecule has 0 aromatic rings. The predicted octanol–water partition coefficient (Wildman–Crippen LogP) is 4.98. The Morgan fingerprint density at radius 2 is 1.47 bits per heavy atom. The number of allylic oxidation sites excluding steroid dienone is 9. The predicted molar refractivity (Wildman–Crippen MR) is 70.9 cm³/mol. The van der Waals surface area contributed by atoms with E-state index in [1.165, 1.54) is 16.7 Å². The third-order valence-electron chi connectivity index (χ3n) is 2.38. The van der Waals surface area contributed by atoms with Gasteiger partial charge in [-0.15, -0.1) is 0 Å². The van der Waals surface area contributed by atoms with Crippen molar-refractivity contribution in [3.05, 3.63) is 59.3 Å². The molecule has 0 bridgehead atoms. The normalized spacial score (nSPS) is 12.5. The van der Waals surface area contributed by atoms with E-state index in [1.54, 1.807) is 0 Å². The first-order valence-electron chi connectivity index (χ1n) is 5.26. The summed E-state index contributed by atoms with van der Waals surface area (Å²) in [6, 6.07) is 0. The summed E-state index contributed by atoms with van der Waals surface area (Å²) in [5.74, 6) is 0. The van der Waals surface area contributed by atoms with E-state index in [0.29, 0.717) is 0 Å². The second kappa shape index (κ2) is 7.05. The van der Waals surface area contributed by atoms with Gasteiger partial charge in [0.2, 0.25) is 0 Å². The lowest BCUT2D eigenvalue weighted by Crippen LogP contribution is -1.73. The number of rotatable bonds is 4. The Labute approximate surface area is 94.4 Å². The molecule has 0 spiro atoms. The molecule has 0 saturated heterocycles. The first-order chi connectivity index (χ1) is 6.95. The van der Waals surface area contributed by atoms with Gasteiger partial charge in [0.15, 0.2) is 0 Å². The van der Waals surface area contributed by atoms with Crippen molar-refractivity contribution in [2.75, 3.05) is 0 Å². The van der Waals surface area contributed by atoms with E-state index in [-0.39, 0.29) is 0 Å². The summed E-state index contributed by atoms with van der Waals surface area (Å²) in [7, 11) is 0. The zero-order chi connectivity index (χ0) is 11.8. The quantitative estimate of drug-likeness (QED) is 0.564. The van der Waals surface area contributed by atoms with Gasteiger partial charge in [0, 0.05) is 0 Å². The van der Waals surface area contributed by atoms with Crippen LogP contribution in [0.25, 0.3) is 0 Å². The van der Waals surface area contributed by atoms with Crippen LogP contribution in [0.2, 0.25) is 0 Å². The first-order valence-corrected chi connectivity index (χ1v) is 5.26. The maximum absolute atomic E-state index is 3.88. The van der Waals surface area contributed by atoms with Crippen molar-refractivity contribution in [1.29, 1.82) is 0 Å². The largest absolute Gasteiger partial charge is 0.0958 e. The van der Waals surface area contributed by atoms with Crippen LogP contribution >= 0.6 is 0 Å². The summed E-state index contributed by atoms with van der Waals surface area (Å²) < 4.78 is 0. The van der Waals surface area contributed by atoms with Gasteiger partial charge in [-0.05, 0) is 40.2 Å². The second-order valence-electron chi connectivity index (χ2n) is 4.06. The number of hydrogen-bond donors (Lipinski definition) is 0.